The first-order chi connectivity index (χ1) is 14.5. The van der Waals surface area contributed by atoms with Crippen molar-refractivity contribution in [3.8, 4) is 28.1 Å². The van der Waals surface area contributed by atoms with Crippen LogP contribution in [0, 0.1) is 0 Å². The molecule has 3 aromatic carbocycles. The molecule has 0 aliphatic carbocycles. The van der Waals surface area contributed by atoms with Crippen molar-refractivity contribution in [3.63, 3.8) is 0 Å². The average molecular weight is 420 g/mol. The number of hydrogen-bond acceptors (Lipinski definition) is 4. The quantitative estimate of drug-likeness (QED) is 0.513. The van der Waals surface area contributed by atoms with Gasteiger partial charge in [-0.15, -0.1) is 0 Å². The van der Waals surface area contributed by atoms with E-state index in [1.54, 1.807) is 25.3 Å². The molecular weight excluding hydrogens is 398 g/mol. The van der Waals surface area contributed by atoms with E-state index >= 15 is 0 Å². The third-order valence-electron chi connectivity index (χ3n) is 4.80. The predicted molar refractivity (Wildman–Crippen MR) is 117 cm³/mol. The Balaban J connectivity index is 1.88. The van der Waals surface area contributed by atoms with E-state index in [-0.39, 0.29) is 4.90 Å². The highest BCUT2D eigenvalue weighted by Gasteiger charge is 2.21. The molecule has 2 N–H and O–H groups in total. The van der Waals surface area contributed by atoms with Crippen molar-refractivity contribution < 1.29 is 13.2 Å². The molecule has 0 bridgehead atoms. The fourth-order valence-electron chi connectivity index (χ4n) is 3.36. The van der Waals surface area contributed by atoms with Crippen LogP contribution < -0.4 is 9.88 Å². The number of ether oxygens (including phenoxy) is 1. The highest BCUT2D eigenvalue weighted by atomic mass is 32.2. The van der Waals surface area contributed by atoms with E-state index in [2.05, 4.69) is 0 Å². The number of benzene rings is 3. The number of hydrogen-bond donors (Lipinski definition) is 1. The minimum Gasteiger partial charge on any atom is -0.497 e. The zero-order valence-corrected chi connectivity index (χ0v) is 17.2. The Labute approximate surface area is 175 Å². The van der Waals surface area contributed by atoms with Gasteiger partial charge < -0.3 is 4.74 Å². The lowest BCUT2D eigenvalue weighted by atomic mass is 10.0. The Morgan fingerprint density at radius 2 is 1.57 bits per heavy atom. The van der Waals surface area contributed by atoms with Gasteiger partial charge in [-0.3, -0.25) is 4.68 Å². The maximum atomic E-state index is 12.2. The van der Waals surface area contributed by atoms with E-state index in [1.807, 2.05) is 65.5 Å². The van der Waals surface area contributed by atoms with Crippen molar-refractivity contribution in [1.29, 1.82) is 0 Å². The van der Waals surface area contributed by atoms with E-state index in [0.717, 1.165) is 22.4 Å². The summed E-state index contributed by atoms with van der Waals surface area (Å²) in [6.45, 7) is 0.557. The zero-order valence-electron chi connectivity index (χ0n) is 16.4. The van der Waals surface area contributed by atoms with E-state index in [4.69, 9.17) is 15.0 Å². The largest absolute Gasteiger partial charge is 0.497 e. The number of primary sulfonamides is 1. The predicted octanol–water partition coefficient (Wildman–Crippen LogP) is 3.92. The minimum atomic E-state index is -3.91. The van der Waals surface area contributed by atoms with Gasteiger partial charge in [0.25, 0.3) is 0 Å². The summed E-state index contributed by atoms with van der Waals surface area (Å²) >= 11 is 0. The second kappa shape index (κ2) is 8.14. The zero-order chi connectivity index (χ0) is 21.1. The van der Waals surface area contributed by atoms with Gasteiger partial charge in [0.05, 0.1) is 18.6 Å². The van der Waals surface area contributed by atoms with Crippen LogP contribution in [0.2, 0.25) is 0 Å². The monoisotopic (exact) mass is 419 g/mol. The molecule has 4 aromatic rings. The van der Waals surface area contributed by atoms with Gasteiger partial charge in [-0.1, -0.05) is 60.7 Å². The highest BCUT2D eigenvalue weighted by Crippen LogP contribution is 2.35. The SMILES string of the molecule is COc1ccc(-c2cn(Cc3ccccc3)nc2-c2ccccc2S(N)(=O)=O)cc1. The highest BCUT2D eigenvalue weighted by molar-refractivity contribution is 7.89. The summed E-state index contributed by atoms with van der Waals surface area (Å²) in [4.78, 5) is 0.0460. The molecular formula is C23H21N3O3S. The molecule has 0 atom stereocenters. The molecule has 0 saturated heterocycles. The minimum absolute atomic E-state index is 0.0460. The summed E-state index contributed by atoms with van der Waals surface area (Å²) in [5.74, 6) is 0.738. The number of methoxy groups -OCH3 is 1. The lowest BCUT2D eigenvalue weighted by Crippen LogP contribution is -2.13. The lowest BCUT2D eigenvalue weighted by molar-refractivity contribution is 0.415. The van der Waals surface area contributed by atoms with Gasteiger partial charge in [0.15, 0.2) is 0 Å². The van der Waals surface area contributed by atoms with Crippen LogP contribution in [0.25, 0.3) is 22.4 Å². The Bertz CT molecular complexity index is 1260. The summed E-state index contributed by atoms with van der Waals surface area (Å²) in [6, 6.07) is 24.2. The third-order valence-corrected chi connectivity index (χ3v) is 5.77. The number of aromatic nitrogens is 2. The van der Waals surface area contributed by atoms with Gasteiger partial charge in [0.1, 0.15) is 11.4 Å². The molecule has 0 spiro atoms. The Morgan fingerprint density at radius 3 is 2.23 bits per heavy atom. The van der Waals surface area contributed by atoms with Crippen molar-refractivity contribution in [2.24, 2.45) is 5.14 Å². The smallest absolute Gasteiger partial charge is 0.238 e. The van der Waals surface area contributed by atoms with Crippen LogP contribution in [-0.2, 0) is 16.6 Å². The Morgan fingerprint density at radius 1 is 0.900 bits per heavy atom. The maximum absolute atomic E-state index is 12.2. The van der Waals surface area contributed by atoms with Gasteiger partial charge >= 0.3 is 0 Å². The first-order valence-electron chi connectivity index (χ1n) is 9.34. The average Bonchev–Trinajstić information content (AvgIpc) is 3.17. The van der Waals surface area contributed by atoms with Crippen LogP contribution in [-0.4, -0.2) is 25.3 Å². The van der Waals surface area contributed by atoms with E-state index < -0.39 is 10.0 Å². The van der Waals surface area contributed by atoms with Gasteiger partial charge in [0, 0.05) is 17.3 Å². The van der Waals surface area contributed by atoms with Gasteiger partial charge in [-0.25, -0.2) is 13.6 Å². The second-order valence-corrected chi connectivity index (χ2v) is 8.37. The number of nitrogens with zero attached hydrogens (tertiary/aromatic N) is 2. The molecule has 0 radical (unpaired) electrons. The molecule has 152 valence electrons. The molecule has 30 heavy (non-hydrogen) atoms. The van der Waals surface area contributed by atoms with Crippen LogP contribution in [0.15, 0.2) is 90.0 Å². The molecule has 0 amide bonds. The fourth-order valence-corrected chi connectivity index (χ4v) is 4.10. The molecule has 1 heterocycles. The van der Waals surface area contributed by atoms with Gasteiger partial charge in [-0.05, 0) is 29.3 Å². The van der Waals surface area contributed by atoms with E-state index in [9.17, 15) is 8.42 Å². The van der Waals surface area contributed by atoms with Crippen LogP contribution in [0.3, 0.4) is 0 Å². The number of rotatable bonds is 6. The lowest BCUT2D eigenvalue weighted by Gasteiger charge is -2.08. The third kappa shape index (κ3) is 4.12. The second-order valence-electron chi connectivity index (χ2n) is 6.84. The summed E-state index contributed by atoms with van der Waals surface area (Å²) in [6.07, 6.45) is 1.92. The molecule has 6 nitrogen and oxygen atoms in total. The molecule has 7 heteroatoms. The van der Waals surface area contributed by atoms with Crippen molar-refractivity contribution >= 4 is 10.0 Å². The topological polar surface area (TPSA) is 87.2 Å². The molecule has 0 fully saturated rings. The molecule has 1 aromatic heterocycles. The first-order valence-corrected chi connectivity index (χ1v) is 10.9. The van der Waals surface area contributed by atoms with E-state index in [1.165, 1.54) is 6.07 Å². The molecule has 4 rings (SSSR count). The van der Waals surface area contributed by atoms with Crippen LogP contribution >= 0.6 is 0 Å². The molecule has 0 aliphatic rings. The van der Waals surface area contributed by atoms with Gasteiger partial charge in [0.2, 0.25) is 10.0 Å². The van der Waals surface area contributed by atoms with Crippen molar-refractivity contribution in [2.75, 3.05) is 7.11 Å². The maximum Gasteiger partial charge on any atom is 0.238 e. The van der Waals surface area contributed by atoms with Crippen molar-refractivity contribution in [3.05, 3.63) is 90.6 Å². The first kappa shape index (κ1) is 19.9. The van der Waals surface area contributed by atoms with Crippen LogP contribution in [0.4, 0.5) is 0 Å². The van der Waals surface area contributed by atoms with Crippen molar-refractivity contribution in [2.45, 2.75) is 11.4 Å². The molecule has 0 unspecified atom stereocenters. The molecule has 0 saturated carbocycles. The standard InChI is InChI=1S/C23H21N3O3S/c1-29-19-13-11-18(12-14-19)21-16-26(15-17-7-3-2-4-8-17)25-23(21)20-9-5-6-10-22(20)30(24,27)28/h2-14,16H,15H2,1H3,(H2,24,27,28). The number of sulfonamides is 1. The Kier molecular flexibility index (Phi) is 5.39. The normalized spacial score (nSPS) is 11.4. The van der Waals surface area contributed by atoms with Crippen molar-refractivity contribution in [1.82, 2.24) is 9.78 Å². The van der Waals surface area contributed by atoms with Gasteiger partial charge in [-0.2, -0.15) is 5.10 Å². The fraction of sp³-hybridized carbons (Fsp3) is 0.0870. The number of nitrogens with two attached hydrogens (primary N) is 1. The van der Waals surface area contributed by atoms with Crippen LogP contribution in [0.1, 0.15) is 5.56 Å². The summed E-state index contributed by atoms with van der Waals surface area (Å²) in [5.41, 5.74) is 3.82. The Hall–Kier alpha value is -3.42. The van der Waals surface area contributed by atoms with E-state index in [0.29, 0.717) is 17.8 Å². The summed E-state index contributed by atoms with van der Waals surface area (Å²) in [7, 11) is -2.30. The molecule has 0 aliphatic heterocycles. The summed E-state index contributed by atoms with van der Waals surface area (Å²) < 4.78 is 31.4. The summed E-state index contributed by atoms with van der Waals surface area (Å²) in [5, 5.41) is 10.2. The van der Waals surface area contributed by atoms with Crippen LogP contribution in [0.5, 0.6) is 5.75 Å².